The standard InChI is InChI=1S/C8H17N3/c1-5-6-10-7(2)8(3)11-9-4/h6-7,9H,5H2,1-4H3/b10-6?,11-8-. The molecular weight excluding hydrogens is 138 g/mol. The van der Waals surface area contributed by atoms with E-state index in [1.54, 1.807) is 7.05 Å². The highest BCUT2D eigenvalue weighted by Crippen LogP contribution is 1.92. The topological polar surface area (TPSA) is 36.8 Å². The van der Waals surface area contributed by atoms with Crippen molar-refractivity contribution in [2.45, 2.75) is 33.2 Å². The van der Waals surface area contributed by atoms with Gasteiger partial charge in [-0.3, -0.25) is 4.99 Å². The maximum atomic E-state index is 4.27. The molecule has 0 aliphatic heterocycles. The number of aliphatic imine (C=N–C) groups is 1. The van der Waals surface area contributed by atoms with E-state index in [4.69, 9.17) is 0 Å². The van der Waals surface area contributed by atoms with Gasteiger partial charge in [0.25, 0.3) is 0 Å². The Hall–Kier alpha value is -0.860. The van der Waals surface area contributed by atoms with Crippen molar-refractivity contribution in [2.75, 3.05) is 7.05 Å². The van der Waals surface area contributed by atoms with Gasteiger partial charge in [-0.25, -0.2) is 0 Å². The van der Waals surface area contributed by atoms with E-state index in [1.165, 1.54) is 0 Å². The number of hydrazone groups is 1. The molecule has 0 aliphatic rings. The lowest BCUT2D eigenvalue weighted by molar-refractivity contribution is 0.862. The van der Waals surface area contributed by atoms with Crippen molar-refractivity contribution in [3.63, 3.8) is 0 Å². The molecule has 0 saturated heterocycles. The summed E-state index contributed by atoms with van der Waals surface area (Å²) in [6.45, 7) is 6.07. The first-order valence-electron chi connectivity index (χ1n) is 3.94. The van der Waals surface area contributed by atoms with Crippen LogP contribution in [0.25, 0.3) is 0 Å². The quantitative estimate of drug-likeness (QED) is 0.484. The molecule has 0 saturated carbocycles. The van der Waals surface area contributed by atoms with E-state index >= 15 is 0 Å². The van der Waals surface area contributed by atoms with Crippen LogP contribution in [0.4, 0.5) is 0 Å². The second-order valence-corrected chi connectivity index (χ2v) is 2.39. The van der Waals surface area contributed by atoms with Crippen LogP contribution < -0.4 is 5.43 Å². The highest BCUT2D eigenvalue weighted by atomic mass is 15.3. The Balaban J connectivity index is 3.91. The Morgan fingerprint density at radius 1 is 1.64 bits per heavy atom. The minimum absolute atomic E-state index is 0.197. The number of nitrogens with zero attached hydrogens (tertiary/aromatic N) is 2. The summed E-state index contributed by atoms with van der Waals surface area (Å²) in [6.07, 6.45) is 2.90. The van der Waals surface area contributed by atoms with Gasteiger partial charge in [0.2, 0.25) is 0 Å². The second kappa shape index (κ2) is 5.89. The first-order chi connectivity index (χ1) is 5.22. The maximum Gasteiger partial charge on any atom is 0.0863 e. The van der Waals surface area contributed by atoms with E-state index in [-0.39, 0.29) is 6.04 Å². The van der Waals surface area contributed by atoms with Crippen molar-refractivity contribution < 1.29 is 0 Å². The van der Waals surface area contributed by atoms with Crippen LogP contribution in [0.2, 0.25) is 0 Å². The molecule has 0 aromatic heterocycles. The summed E-state index contributed by atoms with van der Waals surface area (Å²) < 4.78 is 0. The van der Waals surface area contributed by atoms with Crippen LogP contribution >= 0.6 is 0 Å². The minimum atomic E-state index is 0.197. The first kappa shape index (κ1) is 10.1. The molecule has 0 aromatic rings. The highest BCUT2D eigenvalue weighted by Gasteiger charge is 2.00. The Morgan fingerprint density at radius 2 is 2.27 bits per heavy atom. The van der Waals surface area contributed by atoms with E-state index in [1.807, 2.05) is 20.1 Å². The third-order valence-electron chi connectivity index (χ3n) is 1.40. The molecule has 0 bridgehead atoms. The molecule has 0 radical (unpaired) electrons. The van der Waals surface area contributed by atoms with Crippen LogP contribution in [0.3, 0.4) is 0 Å². The van der Waals surface area contributed by atoms with Crippen LogP contribution in [0.1, 0.15) is 27.2 Å². The molecule has 0 amide bonds. The van der Waals surface area contributed by atoms with Crippen LogP contribution in [0, 0.1) is 0 Å². The van der Waals surface area contributed by atoms with Gasteiger partial charge in [0, 0.05) is 7.05 Å². The summed E-state index contributed by atoms with van der Waals surface area (Å²) >= 11 is 0. The predicted molar refractivity (Wildman–Crippen MR) is 50.4 cm³/mol. The van der Waals surface area contributed by atoms with E-state index in [2.05, 4.69) is 22.4 Å². The lowest BCUT2D eigenvalue weighted by atomic mass is 10.2. The van der Waals surface area contributed by atoms with E-state index in [9.17, 15) is 0 Å². The van der Waals surface area contributed by atoms with Crippen molar-refractivity contribution in [2.24, 2.45) is 10.1 Å². The normalized spacial score (nSPS) is 15.5. The molecule has 0 rings (SSSR count). The van der Waals surface area contributed by atoms with Crippen molar-refractivity contribution >= 4 is 11.9 Å². The summed E-state index contributed by atoms with van der Waals surface area (Å²) in [7, 11) is 1.79. The average molecular weight is 155 g/mol. The van der Waals surface area contributed by atoms with Crippen molar-refractivity contribution in [3.05, 3.63) is 0 Å². The summed E-state index contributed by atoms with van der Waals surface area (Å²) in [5.74, 6) is 0. The van der Waals surface area contributed by atoms with E-state index < -0.39 is 0 Å². The van der Waals surface area contributed by atoms with Gasteiger partial charge < -0.3 is 5.43 Å². The molecule has 0 aromatic carbocycles. The minimum Gasteiger partial charge on any atom is -0.313 e. The Bertz CT molecular complexity index is 149. The summed E-state index contributed by atoms with van der Waals surface area (Å²) in [6, 6.07) is 0.197. The number of rotatable bonds is 4. The van der Waals surface area contributed by atoms with Crippen LogP contribution in [0.5, 0.6) is 0 Å². The zero-order chi connectivity index (χ0) is 8.69. The zero-order valence-electron chi connectivity index (χ0n) is 7.76. The molecule has 64 valence electrons. The molecule has 0 spiro atoms. The van der Waals surface area contributed by atoms with Gasteiger partial charge in [-0.15, -0.1) is 0 Å². The first-order valence-corrected chi connectivity index (χ1v) is 3.94. The summed E-state index contributed by atoms with van der Waals surface area (Å²) in [4.78, 5) is 4.27. The lowest BCUT2D eigenvalue weighted by Crippen LogP contribution is -2.14. The fourth-order valence-corrected chi connectivity index (χ4v) is 0.641. The second-order valence-electron chi connectivity index (χ2n) is 2.39. The van der Waals surface area contributed by atoms with Gasteiger partial charge in [0.1, 0.15) is 0 Å². The highest BCUT2D eigenvalue weighted by molar-refractivity contribution is 5.87. The van der Waals surface area contributed by atoms with Crippen LogP contribution in [-0.2, 0) is 0 Å². The van der Waals surface area contributed by atoms with Crippen molar-refractivity contribution in [3.8, 4) is 0 Å². The van der Waals surface area contributed by atoms with E-state index in [0.717, 1.165) is 12.1 Å². The number of nitrogens with one attached hydrogen (secondary N) is 1. The largest absolute Gasteiger partial charge is 0.313 e. The maximum absolute atomic E-state index is 4.27. The molecular formula is C8H17N3. The van der Waals surface area contributed by atoms with Gasteiger partial charge in [-0.2, -0.15) is 5.10 Å². The molecule has 0 aliphatic carbocycles. The van der Waals surface area contributed by atoms with Crippen LogP contribution in [-0.4, -0.2) is 25.0 Å². The Morgan fingerprint density at radius 3 is 2.73 bits per heavy atom. The van der Waals surface area contributed by atoms with Crippen molar-refractivity contribution in [1.29, 1.82) is 0 Å². The SMILES string of the molecule is CCC=NC(C)/C(C)=N\NC. The molecule has 3 heteroatoms. The fourth-order valence-electron chi connectivity index (χ4n) is 0.641. The third kappa shape index (κ3) is 4.53. The molecule has 3 nitrogen and oxygen atoms in total. The van der Waals surface area contributed by atoms with Crippen molar-refractivity contribution in [1.82, 2.24) is 5.43 Å². The van der Waals surface area contributed by atoms with Gasteiger partial charge in [0.15, 0.2) is 0 Å². The molecule has 1 N–H and O–H groups in total. The molecule has 0 fully saturated rings. The molecule has 11 heavy (non-hydrogen) atoms. The van der Waals surface area contributed by atoms with Crippen LogP contribution in [0.15, 0.2) is 10.1 Å². The zero-order valence-corrected chi connectivity index (χ0v) is 7.76. The average Bonchev–Trinajstić information content (AvgIpc) is 2.00. The fraction of sp³-hybridized carbons (Fsp3) is 0.750. The predicted octanol–water partition coefficient (Wildman–Crippen LogP) is 1.45. The van der Waals surface area contributed by atoms with Gasteiger partial charge in [-0.1, -0.05) is 6.92 Å². The number of hydrogen-bond acceptors (Lipinski definition) is 3. The van der Waals surface area contributed by atoms with E-state index in [0.29, 0.717) is 0 Å². The molecule has 1 unspecified atom stereocenters. The summed E-state index contributed by atoms with van der Waals surface area (Å²) in [5, 5.41) is 4.03. The van der Waals surface area contributed by atoms with Gasteiger partial charge >= 0.3 is 0 Å². The Labute approximate surface area is 68.6 Å². The molecule has 1 atom stereocenters. The molecule has 0 heterocycles. The smallest absolute Gasteiger partial charge is 0.0863 e. The third-order valence-corrected chi connectivity index (χ3v) is 1.40. The monoisotopic (exact) mass is 155 g/mol. The van der Waals surface area contributed by atoms with Gasteiger partial charge in [0.05, 0.1) is 11.8 Å². The lowest BCUT2D eigenvalue weighted by Gasteiger charge is -2.03. The summed E-state index contributed by atoms with van der Waals surface area (Å²) in [5.41, 5.74) is 3.75. The van der Waals surface area contributed by atoms with Gasteiger partial charge in [-0.05, 0) is 26.5 Å². The Kier molecular flexibility index (Phi) is 5.43. The number of hydrogen-bond donors (Lipinski definition) is 1.